The van der Waals surface area contributed by atoms with Crippen LogP contribution in [-0.4, -0.2) is 39.0 Å². The van der Waals surface area contributed by atoms with Gasteiger partial charge < -0.3 is 14.2 Å². The average molecular weight is 379 g/mol. The molecule has 6 heteroatoms. The normalized spacial score (nSPS) is 22.7. The van der Waals surface area contributed by atoms with Gasteiger partial charge in [-0.2, -0.15) is 0 Å². The zero-order chi connectivity index (χ0) is 19.3. The fraction of sp³-hybridized carbons (Fsp3) is 0.650. The van der Waals surface area contributed by atoms with Crippen LogP contribution in [0.2, 0.25) is 0 Å². The van der Waals surface area contributed by atoms with Gasteiger partial charge in [-0.3, -0.25) is 0 Å². The number of carbonyl (C=O) groups is 1. The zero-order valence-electron chi connectivity index (χ0n) is 16.6. The molecule has 1 saturated heterocycles. The molecule has 0 aromatic heterocycles. The SMILES string of the molecule is CC(C)(C)OC(=O)N1CC2(Cc3ccccc3[C@@H]2N[S@+]([O-])C(C)(C)C)C1. The van der Waals surface area contributed by atoms with Gasteiger partial charge in [-0.25, -0.2) is 4.79 Å². The lowest BCUT2D eigenvalue weighted by atomic mass is 9.74. The highest BCUT2D eigenvalue weighted by molar-refractivity contribution is 7.90. The molecule has 1 aromatic rings. The van der Waals surface area contributed by atoms with Crippen LogP contribution in [0.3, 0.4) is 0 Å². The van der Waals surface area contributed by atoms with Crippen LogP contribution in [0.5, 0.6) is 0 Å². The number of ether oxygens (including phenoxy) is 1. The van der Waals surface area contributed by atoms with Gasteiger partial charge in [0.25, 0.3) is 0 Å². The van der Waals surface area contributed by atoms with Crippen molar-refractivity contribution in [2.45, 2.75) is 64.4 Å². The molecule has 1 fully saturated rings. The first-order valence-corrected chi connectivity index (χ1v) is 10.3. The Morgan fingerprint density at radius 3 is 2.42 bits per heavy atom. The molecule has 1 heterocycles. The van der Waals surface area contributed by atoms with Crippen LogP contribution >= 0.6 is 0 Å². The van der Waals surface area contributed by atoms with Gasteiger partial charge in [-0.1, -0.05) is 24.3 Å². The Bertz CT molecular complexity index is 687. The highest BCUT2D eigenvalue weighted by Gasteiger charge is 2.57. The number of nitrogens with one attached hydrogen (secondary N) is 1. The van der Waals surface area contributed by atoms with E-state index in [4.69, 9.17) is 4.74 Å². The van der Waals surface area contributed by atoms with Crippen molar-refractivity contribution in [1.29, 1.82) is 0 Å². The smallest absolute Gasteiger partial charge is 0.410 e. The Hall–Kier alpha value is -1.24. The topological polar surface area (TPSA) is 64.6 Å². The monoisotopic (exact) mass is 378 g/mol. The summed E-state index contributed by atoms with van der Waals surface area (Å²) in [7, 11) is 0. The minimum absolute atomic E-state index is 0.0163. The van der Waals surface area contributed by atoms with Gasteiger partial charge in [-0.15, -0.1) is 4.72 Å². The van der Waals surface area contributed by atoms with Crippen LogP contribution in [0.1, 0.15) is 58.7 Å². The number of hydrogen-bond acceptors (Lipinski definition) is 4. The molecule has 0 radical (unpaired) electrons. The van der Waals surface area contributed by atoms with Crippen molar-refractivity contribution in [3.05, 3.63) is 35.4 Å². The first kappa shape index (κ1) is 19.5. The number of carbonyl (C=O) groups excluding carboxylic acids is 1. The van der Waals surface area contributed by atoms with Crippen LogP contribution in [-0.2, 0) is 22.5 Å². The minimum atomic E-state index is -1.17. The van der Waals surface area contributed by atoms with Crippen molar-refractivity contribution in [2.24, 2.45) is 5.41 Å². The second-order valence-electron chi connectivity index (χ2n) is 9.51. The van der Waals surface area contributed by atoms with E-state index in [2.05, 4.69) is 16.9 Å². The van der Waals surface area contributed by atoms with Crippen molar-refractivity contribution in [3.63, 3.8) is 0 Å². The lowest BCUT2D eigenvalue weighted by Crippen LogP contribution is -2.63. The summed E-state index contributed by atoms with van der Waals surface area (Å²) >= 11 is -1.17. The maximum atomic E-state index is 12.8. The van der Waals surface area contributed by atoms with Crippen LogP contribution in [0.4, 0.5) is 4.79 Å². The van der Waals surface area contributed by atoms with Gasteiger partial charge in [-0.05, 0) is 59.1 Å². The largest absolute Gasteiger partial charge is 0.598 e. The molecule has 1 spiro atoms. The summed E-state index contributed by atoms with van der Waals surface area (Å²) in [5.41, 5.74) is 1.87. The first-order valence-electron chi connectivity index (χ1n) is 9.15. The molecular formula is C20H30N2O3S. The van der Waals surface area contributed by atoms with Crippen LogP contribution in [0, 0.1) is 5.41 Å². The van der Waals surface area contributed by atoms with Crippen molar-refractivity contribution < 1.29 is 14.1 Å². The number of hydrogen-bond donors (Lipinski definition) is 1. The fourth-order valence-corrected chi connectivity index (χ4v) is 4.67. The predicted molar refractivity (Wildman–Crippen MR) is 104 cm³/mol. The average Bonchev–Trinajstić information content (AvgIpc) is 2.77. The quantitative estimate of drug-likeness (QED) is 0.799. The third-order valence-electron chi connectivity index (χ3n) is 4.97. The van der Waals surface area contributed by atoms with E-state index in [-0.39, 0.29) is 22.3 Å². The van der Waals surface area contributed by atoms with Gasteiger partial charge in [0, 0.05) is 29.9 Å². The number of rotatable bonds is 2. The Morgan fingerprint density at radius 2 is 1.85 bits per heavy atom. The zero-order valence-corrected chi connectivity index (χ0v) is 17.4. The summed E-state index contributed by atoms with van der Waals surface area (Å²) in [5.74, 6) is 0. The molecule has 1 aromatic carbocycles. The molecule has 2 aliphatic rings. The maximum absolute atomic E-state index is 12.8. The van der Waals surface area contributed by atoms with Crippen molar-refractivity contribution in [3.8, 4) is 0 Å². The van der Waals surface area contributed by atoms with E-state index in [0.29, 0.717) is 13.1 Å². The molecule has 0 bridgehead atoms. The molecule has 1 aliphatic heterocycles. The Balaban J connectivity index is 1.78. The summed E-state index contributed by atoms with van der Waals surface area (Å²) in [4.78, 5) is 14.1. The van der Waals surface area contributed by atoms with Gasteiger partial charge in [0.05, 0.1) is 6.04 Å². The van der Waals surface area contributed by atoms with Crippen LogP contribution in [0.15, 0.2) is 24.3 Å². The molecule has 1 amide bonds. The molecule has 5 nitrogen and oxygen atoms in total. The van der Waals surface area contributed by atoms with E-state index in [1.54, 1.807) is 4.90 Å². The van der Waals surface area contributed by atoms with Crippen LogP contribution < -0.4 is 4.72 Å². The van der Waals surface area contributed by atoms with Gasteiger partial charge >= 0.3 is 6.09 Å². The summed E-state index contributed by atoms with van der Waals surface area (Å²) in [6, 6.07) is 8.29. The van der Waals surface area contributed by atoms with E-state index < -0.39 is 17.0 Å². The van der Waals surface area contributed by atoms with Crippen molar-refractivity contribution >= 4 is 17.5 Å². The van der Waals surface area contributed by atoms with Gasteiger partial charge in [0.1, 0.15) is 10.3 Å². The first-order chi connectivity index (χ1) is 11.9. The molecule has 3 rings (SSSR count). The van der Waals surface area contributed by atoms with E-state index in [0.717, 1.165) is 6.42 Å². The predicted octanol–water partition coefficient (Wildman–Crippen LogP) is 3.57. The van der Waals surface area contributed by atoms with Crippen molar-refractivity contribution in [1.82, 2.24) is 9.62 Å². The summed E-state index contributed by atoms with van der Waals surface area (Å²) in [6.45, 7) is 12.8. The van der Waals surface area contributed by atoms with E-state index in [1.807, 2.05) is 53.7 Å². The van der Waals surface area contributed by atoms with E-state index >= 15 is 0 Å². The number of fused-ring (bicyclic) bond motifs is 1. The third-order valence-corrected chi connectivity index (χ3v) is 6.53. The summed E-state index contributed by atoms with van der Waals surface area (Å²) in [5, 5.41) is 0. The fourth-order valence-electron chi connectivity index (χ4n) is 3.72. The highest BCUT2D eigenvalue weighted by Crippen LogP contribution is 2.52. The maximum Gasteiger partial charge on any atom is 0.410 e. The van der Waals surface area contributed by atoms with E-state index in [9.17, 15) is 9.35 Å². The van der Waals surface area contributed by atoms with E-state index in [1.165, 1.54) is 11.1 Å². The molecule has 26 heavy (non-hydrogen) atoms. The lowest BCUT2D eigenvalue weighted by molar-refractivity contribution is -0.0421. The van der Waals surface area contributed by atoms with Gasteiger partial charge in [0.15, 0.2) is 0 Å². The summed E-state index contributed by atoms with van der Waals surface area (Å²) < 4.78 is 21.3. The molecule has 2 atom stereocenters. The van der Waals surface area contributed by atoms with Crippen LogP contribution in [0.25, 0.3) is 0 Å². The summed E-state index contributed by atoms with van der Waals surface area (Å²) in [6.07, 6.45) is 0.622. The highest BCUT2D eigenvalue weighted by atomic mass is 32.2. The number of likely N-dealkylation sites (tertiary alicyclic amines) is 1. The Kier molecular flexibility index (Phi) is 4.83. The second kappa shape index (κ2) is 6.43. The Labute approximate surface area is 159 Å². The molecule has 0 saturated carbocycles. The Morgan fingerprint density at radius 1 is 1.23 bits per heavy atom. The van der Waals surface area contributed by atoms with Crippen molar-refractivity contribution in [2.75, 3.05) is 13.1 Å². The second-order valence-corrected chi connectivity index (χ2v) is 11.5. The molecule has 144 valence electrons. The van der Waals surface area contributed by atoms with Gasteiger partial charge in [0.2, 0.25) is 0 Å². The minimum Gasteiger partial charge on any atom is -0.598 e. The lowest BCUT2D eigenvalue weighted by Gasteiger charge is -2.51. The number of amides is 1. The molecular weight excluding hydrogens is 348 g/mol. The molecule has 1 aliphatic carbocycles. The molecule has 0 unspecified atom stereocenters. The number of benzene rings is 1. The molecule has 1 N–H and O–H groups in total. The standard InChI is InChI=1S/C20H30N2O3S/c1-18(2,3)25-17(23)22-12-20(13-22)11-14-9-7-8-10-15(14)16(20)21-26(24)19(4,5)6/h7-10,16,21H,11-13H2,1-6H3/t16-,26+/m0/s1. The number of nitrogens with zero attached hydrogens (tertiary/aromatic N) is 1. The third kappa shape index (κ3) is 3.73.